The number of hydrogen-bond acceptors (Lipinski definition) is 6. The van der Waals surface area contributed by atoms with Crippen LogP contribution >= 0.6 is 0 Å². The summed E-state index contributed by atoms with van der Waals surface area (Å²) in [6.45, 7) is 1.90. The molecule has 5 aromatic rings. The van der Waals surface area contributed by atoms with Gasteiger partial charge in [0.05, 0.1) is 23.2 Å². The number of anilines is 2. The molecule has 176 valence electrons. The molecule has 2 aromatic carbocycles. The lowest BCUT2D eigenvalue weighted by Gasteiger charge is -2.13. The van der Waals surface area contributed by atoms with Crippen LogP contribution in [0.15, 0.2) is 84.2 Å². The molecular weight excluding hydrogens is 453 g/mol. The first-order chi connectivity index (χ1) is 17.6. The summed E-state index contributed by atoms with van der Waals surface area (Å²) in [5, 5.41) is 12.3. The van der Waals surface area contributed by atoms with Crippen LogP contribution in [0.5, 0.6) is 0 Å². The third-order valence-corrected chi connectivity index (χ3v) is 5.84. The number of aromatic nitrogens is 4. The Morgan fingerprint density at radius 3 is 2.33 bits per heavy atom. The van der Waals surface area contributed by atoms with Crippen molar-refractivity contribution in [2.45, 2.75) is 13.3 Å². The molecule has 0 unspecified atom stereocenters. The van der Waals surface area contributed by atoms with Crippen LogP contribution in [0.25, 0.3) is 11.0 Å². The van der Waals surface area contributed by atoms with Gasteiger partial charge < -0.3 is 9.88 Å². The van der Waals surface area contributed by atoms with Gasteiger partial charge >= 0.3 is 0 Å². The van der Waals surface area contributed by atoms with Crippen molar-refractivity contribution in [2.24, 2.45) is 12.0 Å². The van der Waals surface area contributed by atoms with Gasteiger partial charge in [-0.15, -0.1) is 0 Å². The molecule has 0 fully saturated rings. The van der Waals surface area contributed by atoms with E-state index in [1.165, 1.54) is 6.20 Å². The highest BCUT2D eigenvalue weighted by Gasteiger charge is 2.18. The number of fused-ring (bicyclic) bond motifs is 1. The highest BCUT2D eigenvalue weighted by molar-refractivity contribution is 6.14. The molecule has 0 aliphatic heterocycles. The van der Waals surface area contributed by atoms with Gasteiger partial charge in [-0.05, 0) is 12.0 Å². The van der Waals surface area contributed by atoms with Crippen molar-refractivity contribution in [1.29, 1.82) is 5.26 Å². The van der Waals surface area contributed by atoms with E-state index in [-0.39, 0.29) is 11.4 Å². The van der Waals surface area contributed by atoms with E-state index in [2.05, 4.69) is 15.3 Å². The number of pyridine rings is 2. The number of aryl methyl sites for hydroxylation is 2. The molecule has 3 heterocycles. The van der Waals surface area contributed by atoms with Crippen molar-refractivity contribution in [2.75, 3.05) is 5.32 Å². The average Bonchev–Trinajstić information content (AvgIpc) is 3.30. The van der Waals surface area contributed by atoms with Gasteiger partial charge in [0.15, 0.2) is 17.3 Å². The zero-order valence-corrected chi connectivity index (χ0v) is 19.8. The number of nitrogens with one attached hydrogen (secondary N) is 1. The van der Waals surface area contributed by atoms with Crippen LogP contribution in [0.4, 0.5) is 21.7 Å². The molecule has 0 saturated heterocycles. The molecular formula is C28H22FN7. The number of aliphatic imine (C=N–C) groups is 1. The lowest BCUT2D eigenvalue weighted by atomic mass is 10.0. The maximum absolute atomic E-state index is 15.1. The fourth-order valence-electron chi connectivity index (χ4n) is 3.98. The third kappa shape index (κ3) is 4.30. The summed E-state index contributed by atoms with van der Waals surface area (Å²) in [7, 11) is 1.88. The predicted molar refractivity (Wildman–Crippen MR) is 138 cm³/mol. The minimum Gasteiger partial charge on any atom is -0.337 e. The van der Waals surface area contributed by atoms with Crippen molar-refractivity contribution in [3.63, 3.8) is 0 Å². The molecule has 7 nitrogen and oxygen atoms in total. The largest absolute Gasteiger partial charge is 0.337 e. The van der Waals surface area contributed by atoms with Gasteiger partial charge in [0, 0.05) is 30.4 Å². The molecule has 1 N–H and O–H groups in total. The van der Waals surface area contributed by atoms with Crippen LogP contribution in [0.1, 0.15) is 29.3 Å². The maximum atomic E-state index is 15.1. The molecule has 0 amide bonds. The van der Waals surface area contributed by atoms with Crippen molar-refractivity contribution in [3.05, 3.63) is 107 Å². The number of nitriles is 1. The second-order valence-electron chi connectivity index (χ2n) is 8.16. The first-order valence-corrected chi connectivity index (χ1v) is 11.4. The molecule has 0 atom stereocenters. The third-order valence-electron chi connectivity index (χ3n) is 5.84. The summed E-state index contributed by atoms with van der Waals surface area (Å²) in [6, 6.07) is 23.3. The van der Waals surface area contributed by atoms with Crippen LogP contribution in [-0.4, -0.2) is 25.2 Å². The quantitative estimate of drug-likeness (QED) is 0.311. The first-order valence-electron chi connectivity index (χ1n) is 11.4. The van der Waals surface area contributed by atoms with Crippen LogP contribution in [0.3, 0.4) is 0 Å². The molecule has 3 aromatic heterocycles. The van der Waals surface area contributed by atoms with Gasteiger partial charge in [0.25, 0.3) is 0 Å². The van der Waals surface area contributed by atoms with Crippen molar-refractivity contribution < 1.29 is 4.39 Å². The lowest BCUT2D eigenvalue weighted by Crippen LogP contribution is -2.05. The van der Waals surface area contributed by atoms with Crippen LogP contribution in [-0.2, 0) is 13.5 Å². The smallest absolute Gasteiger partial charge is 0.183 e. The highest BCUT2D eigenvalue weighted by atomic mass is 19.1. The second kappa shape index (κ2) is 9.76. The molecule has 0 saturated carbocycles. The summed E-state index contributed by atoms with van der Waals surface area (Å²) in [4.78, 5) is 18.1. The Hall–Kier alpha value is -4.90. The molecule has 0 aliphatic carbocycles. The number of imidazole rings is 1. The molecule has 0 bridgehead atoms. The van der Waals surface area contributed by atoms with Gasteiger partial charge in [0.1, 0.15) is 17.4 Å². The Bertz CT molecular complexity index is 1580. The first kappa shape index (κ1) is 22.9. The number of hydrogen-bond donors (Lipinski definition) is 1. The van der Waals surface area contributed by atoms with Crippen LogP contribution < -0.4 is 5.32 Å². The van der Waals surface area contributed by atoms with E-state index in [4.69, 9.17) is 9.98 Å². The Labute approximate surface area is 207 Å². The fraction of sp³-hybridized carbons (Fsp3) is 0.107. The molecule has 0 spiro atoms. The number of halogens is 1. The standard InChI is InChI=1S/C28H22FN7/c1-3-18-16-31-21(15-30)24(29)26(18)33-23-14-22-27(32-17-36(22)2)28(34-23)35-25(19-10-6-4-7-11-19)20-12-8-5-9-13-20/h4-14,16-17H,3H2,1-2H3,(H,31,33,34). The molecule has 0 radical (unpaired) electrons. The zero-order valence-electron chi connectivity index (χ0n) is 19.8. The summed E-state index contributed by atoms with van der Waals surface area (Å²) in [5.74, 6) is 0.0726. The average molecular weight is 476 g/mol. The van der Waals surface area contributed by atoms with Crippen LogP contribution in [0.2, 0.25) is 0 Å². The summed E-state index contributed by atoms with van der Waals surface area (Å²) in [5.41, 5.74) is 4.54. The minimum absolute atomic E-state index is 0.180. The van der Waals surface area contributed by atoms with Gasteiger partial charge in [-0.3, -0.25) is 0 Å². The fourth-order valence-corrected chi connectivity index (χ4v) is 3.98. The van der Waals surface area contributed by atoms with Crippen LogP contribution in [0, 0.1) is 17.1 Å². The topological polar surface area (TPSA) is 91.8 Å². The van der Waals surface area contributed by atoms with E-state index in [1.807, 2.05) is 79.2 Å². The van der Waals surface area contributed by atoms with Crippen molar-refractivity contribution >= 4 is 34.1 Å². The second-order valence-corrected chi connectivity index (χ2v) is 8.16. The highest BCUT2D eigenvalue weighted by Crippen LogP contribution is 2.31. The zero-order chi connectivity index (χ0) is 25.1. The summed E-state index contributed by atoms with van der Waals surface area (Å²) in [6.07, 6.45) is 3.73. The Kier molecular flexibility index (Phi) is 6.20. The van der Waals surface area contributed by atoms with Gasteiger partial charge in [-0.25, -0.2) is 24.3 Å². The normalized spacial score (nSPS) is 10.7. The number of rotatable bonds is 6. The van der Waals surface area contributed by atoms with Crippen molar-refractivity contribution in [3.8, 4) is 6.07 Å². The van der Waals surface area contributed by atoms with E-state index in [0.29, 0.717) is 29.1 Å². The van der Waals surface area contributed by atoms with Gasteiger partial charge in [-0.2, -0.15) is 5.26 Å². The Balaban J connectivity index is 1.70. The number of benzene rings is 2. The predicted octanol–water partition coefficient (Wildman–Crippen LogP) is 5.85. The molecule has 0 aliphatic rings. The molecule has 36 heavy (non-hydrogen) atoms. The van der Waals surface area contributed by atoms with Crippen molar-refractivity contribution in [1.82, 2.24) is 19.5 Å². The Morgan fingerprint density at radius 2 is 1.72 bits per heavy atom. The number of nitrogens with zero attached hydrogens (tertiary/aromatic N) is 6. The van der Waals surface area contributed by atoms with E-state index < -0.39 is 5.82 Å². The van der Waals surface area contributed by atoms with E-state index >= 15 is 4.39 Å². The summed E-state index contributed by atoms with van der Waals surface area (Å²) >= 11 is 0. The van der Waals surface area contributed by atoms with E-state index in [9.17, 15) is 5.26 Å². The van der Waals surface area contributed by atoms with E-state index in [1.54, 1.807) is 18.5 Å². The Morgan fingerprint density at radius 1 is 1.06 bits per heavy atom. The maximum Gasteiger partial charge on any atom is 0.183 e. The van der Waals surface area contributed by atoms with E-state index in [0.717, 1.165) is 22.4 Å². The molecule has 8 heteroatoms. The van der Waals surface area contributed by atoms with Gasteiger partial charge in [0.2, 0.25) is 0 Å². The van der Waals surface area contributed by atoms with Gasteiger partial charge in [-0.1, -0.05) is 67.6 Å². The monoisotopic (exact) mass is 475 g/mol. The minimum atomic E-state index is -0.705. The lowest BCUT2D eigenvalue weighted by molar-refractivity contribution is 0.618. The summed E-state index contributed by atoms with van der Waals surface area (Å²) < 4.78 is 16.9. The molecule has 5 rings (SSSR count). The SMILES string of the molecule is CCc1cnc(C#N)c(F)c1Nc1cc2c(ncn2C)c(N=C(c2ccccc2)c2ccccc2)n1.